The van der Waals surface area contributed by atoms with Gasteiger partial charge in [0.15, 0.2) is 6.33 Å². The van der Waals surface area contributed by atoms with Crippen molar-refractivity contribution in [3.8, 4) is 0 Å². The molecule has 7 heteroatoms. The lowest BCUT2D eigenvalue weighted by Gasteiger charge is -2.05. The zero-order valence-corrected chi connectivity index (χ0v) is 10.8. The molecule has 0 unspecified atom stereocenters. The van der Waals surface area contributed by atoms with E-state index in [1.807, 2.05) is 11.4 Å². The Balaban J connectivity index is 1.76. The molecule has 0 bridgehead atoms. The molecule has 0 aliphatic carbocycles. The van der Waals surface area contributed by atoms with Gasteiger partial charge in [-0.15, -0.1) is 11.3 Å². The molecule has 0 radical (unpaired) electrons. The van der Waals surface area contributed by atoms with E-state index in [9.17, 15) is 4.79 Å². The lowest BCUT2D eigenvalue weighted by Crippen LogP contribution is -2.17. The van der Waals surface area contributed by atoms with Gasteiger partial charge in [-0.1, -0.05) is 5.16 Å². The summed E-state index contributed by atoms with van der Waals surface area (Å²) in [5, 5.41) is 11.6. The minimum absolute atomic E-state index is 0.0551. The summed E-state index contributed by atoms with van der Waals surface area (Å²) in [6, 6.07) is 1.90. The SMILES string of the molecule is CC(=O)Nc1ccsc1CNCCc1ncno1. The maximum absolute atomic E-state index is 11.0. The summed E-state index contributed by atoms with van der Waals surface area (Å²) >= 11 is 1.61. The standard InChI is InChI=1S/C11H14N4O2S/c1-8(16)15-9-3-5-18-10(9)6-12-4-2-11-13-7-14-17-11/h3,5,7,12H,2,4,6H2,1H3,(H,15,16). The van der Waals surface area contributed by atoms with Crippen LogP contribution in [0.3, 0.4) is 0 Å². The highest BCUT2D eigenvalue weighted by Gasteiger charge is 2.05. The Kier molecular flexibility index (Phi) is 4.43. The first-order valence-electron chi connectivity index (χ1n) is 5.56. The first-order chi connectivity index (χ1) is 8.75. The van der Waals surface area contributed by atoms with E-state index in [-0.39, 0.29) is 5.91 Å². The van der Waals surface area contributed by atoms with Crippen molar-refractivity contribution in [2.45, 2.75) is 19.9 Å². The predicted molar refractivity (Wildman–Crippen MR) is 68.3 cm³/mol. The van der Waals surface area contributed by atoms with E-state index in [2.05, 4.69) is 20.8 Å². The summed E-state index contributed by atoms with van der Waals surface area (Å²) < 4.78 is 4.89. The summed E-state index contributed by atoms with van der Waals surface area (Å²) in [7, 11) is 0. The summed E-state index contributed by atoms with van der Waals surface area (Å²) in [5.74, 6) is 0.566. The van der Waals surface area contributed by atoms with Crippen LogP contribution in [0.4, 0.5) is 5.69 Å². The van der Waals surface area contributed by atoms with Gasteiger partial charge < -0.3 is 15.2 Å². The van der Waals surface area contributed by atoms with E-state index >= 15 is 0 Å². The number of aromatic nitrogens is 2. The first-order valence-corrected chi connectivity index (χ1v) is 6.44. The van der Waals surface area contributed by atoms with Gasteiger partial charge in [0, 0.05) is 31.3 Å². The number of nitrogens with one attached hydrogen (secondary N) is 2. The Morgan fingerprint density at radius 3 is 3.17 bits per heavy atom. The Bertz CT molecular complexity index is 495. The van der Waals surface area contributed by atoms with E-state index in [1.54, 1.807) is 11.3 Å². The molecular weight excluding hydrogens is 252 g/mol. The van der Waals surface area contributed by atoms with Crippen LogP contribution in [0.1, 0.15) is 17.7 Å². The number of carbonyl (C=O) groups is 1. The highest BCUT2D eigenvalue weighted by atomic mass is 32.1. The monoisotopic (exact) mass is 266 g/mol. The molecule has 2 N–H and O–H groups in total. The summed E-state index contributed by atoms with van der Waals surface area (Å²) in [5.41, 5.74) is 0.873. The van der Waals surface area contributed by atoms with Crippen LogP contribution in [-0.2, 0) is 17.8 Å². The second kappa shape index (κ2) is 6.27. The van der Waals surface area contributed by atoms with Crippen LogP contribution in [0.25, 0.3) is 0 Å². The van der Waals surface area contributed by atoms with E-state index in [0.717, 1.165) is 17.1 Å². The third-order valence-electron chi connectivity index (χ3n) is 2.26. The molecule has 96 valence electrons. The van der Waals surface area contributed by atoms with Gasteiger partial charge in [-0.3, -0.25) is 4.79 Å². The predicted octanol–water partition coefficient (Wildman–Crippen LogP) is 1.42. The van der Waals surface area contributed by atoms with E-state index in [4.69, 9.17) is 4.52 Å². The fraction of sp³-hybridized carbons (Fsp3) is 0.364. The average molecular weight is 266 g/mol. The first kappa shape index (κ1) is 12.7. The number of carbonyl (C=O) groups excluding carboxylic acids is 1. The van der Waals surface area contributed by atoms with Gasteiger partial charge in [0.25, 0.3) is 0 Å². The van der Waals surface area contributed by atoms with Crippen molar-refractivity contribution < 1.29 is 9.32 Å². The maximum atomic E-state index is 11.0. The van der Waals surface area contributed by atoms with Crippen LogP contribution in [0.15, 0.2) is 22.3 Å². The van der Waals surface area contributed by atoms with Crippen LogP contribution >= 0.6 is 11.3 Å². The molecule has 0 aliphatic heterocycles. The van der Waals surface area contributed by atoms with Crippen molar-refractivity contribution in [1.29, 1.82) is 0 Å². The molecule has 0 aromatic carbocycles. The molecule has 0 spiro atoms. The van der Waals surface area contributed by atoms with Gasteiger partial charge in [0.05, 0.1) is 5.69 Å². The van der Waals surface area contributed by atoms with Gasteiger partial charge in [0.1, 0.15) is 0 Å². The van der Waals surface area contributed by atoms with Gasteiger partial charge in [-0.25, -0.2) is 0 Å². The van der Waals surface area contributed by atoms with Crippen LogP contribution in [0.2, 0.25) is 0 Å². The second-order valence-corrected chi connectivity index (χ2v) is 4.70. The molecule has 0 saturated heterocycles. The fourth-order valence-electron chi connectivity index (χ4n) is 1.48. The Morgan fingerprint density at radius 2 is 2.44 bits per heavy atom. The van der Waals surface area contributed by atoms with Crippen molar-refractivity contribution in [2.75, 3.05) is 11.9 Å². The highest BCUT2D eigenvalue weighted by Crippen LogP contribution is 2.21. The molecule has 2 aromatic rings. The van der Waals surface area contributed by atoms with Crippen LogP contribution in [0, 0.1) is 0 Å². The van der Waals surface area contributed by atoms with E-state index in [1.165, 1.54) is 13.3 Å². The third kappa shape index (κ3) is 3.64. The quantitative estimate of drug-likeness (QED) is 0.773. The summed E-state index contributed by atoms with van der Waals surface area (Å²) in [6.07, 6.45) is 2.09. The number of nitrogens with zero attached hydrogens (tertiary/aromatic N) is 2. The second-order valence-electron chi connectivity index (χ2n) is 3.70. The lowest BCUT2D eigenvalue weighted by molar-refractivity contribution is -0.114. The van der Waals surface area contributed by atoms with Gasteiger partial charge >= 0.3 is 0 Å². The molecular formula is C11H14N4O2S. The number of amides is 1. The Hall–Kier alpha value is -1.73. The molecule has 0 atom stereocenters. The zero-order chi connectivity index (χ0) is 12.8. The molecule has 2 heterocycles. The van der Waals surface area contributed by atoms with Gasteiger partial charge in [-0.05, 0) is 11.4 Å². The number of rotatable bonds is 6. The Labute approximate surface area is 108 Å². The van der Waals surface area contributed by atoms with Crippen LogP contribution in [0.5, 0.6) is 0 Å². The molecule has 1 amide bonds. The molecule has 0 aliphatic rings. The minimum Gasteiger partial charge on any atom is -0.340 e. The van der Waals surface area contributed by atoms with Crippen LogP contribution in [-0.4, -0.2) is 22.6 Å². The third-order valence-corrected chi connectivity index (χ3v) is 3.19. The smallest absolute Gasteiger partial charge is 0.227 e. The van der Waals surface area contributed by atoms with E-state index in [0.29, 0.717) is 18.9 Å². The molecule has 2 aromatic heterocycles. The molecule has 0 fully saturated rings. The molecule has 18 heavy (non-hydrogen) atoms. The Morgan fingerprint density at radius 1 is 1.56 bits per heavy atom. The van der Waals surface area contributed by atoms with Crippen molar-refractivity contribution in [1.82, 2.24) is 15.5 Å². The van der Waals surface area contributed by atoms with Crippen molar-refractivity contribution in [2.24, 2.45) is 0 Å². The number of hydrogen-bond acceptors (Lipinski definition) is 6. The minimum atomic E-state index is -0.0551. The van der Waals surface area contributed by atoms with E-state index < -0.39 is 0 Å². The van der Waals surface area contributed by atoms with Crippen LogP contribution < -0.4 is 10.6 Å². The molecule has 2 rings (SSSR count). The summed E-state index contributed by atoms with van der Waals surface area (Å²) in [6.45, 7) is 2.96. The lowest BCUT2D eigenvalue weighted by atomic mass is 10.3. The highest BCUT2D eigenvalue weighted by molar-refractivity contribution is 7.10. The largest absolute Gasteiger partial charge is 0.340 e. The normalized spacial score (nSPS) is 10.5. The average Bonchev–Trinajstić information content (AvgIpc) is 2.95. The van der Waals surface area contributed by atoms with Crippen molar-refractivity contribution in [3.05, 3.63) is 28.5 Å². The van der Waals surface area contributed by atoms with Gasteiger partial charge in [-0.2, -0.15) is 4.98 Å². The van der Waals surface area contributed by atoms with Crippen molar-refractivity contribution >= 4 is 22.9 Å². The summed E-state index contributed by atoms with van der Waals surface area (Å²) in [4.78, 5) is 16.0. The molecule has 6 nitrogen and oxygen atoms in total. The number of thiophene rings is 1. The number of anilines is 1. The van der Waals surface area contributed by atoms with Gasteiger partial charge in [0.2, 0.25) is 11.8 Å². The topological polar surface area (TPSA) is 80.0 Å². The van der Waals surface area contributed by atoms with Crippen molar-refractivity contribution in [3.63, 3.8) is 0 Å². The zero-order valence-electron chi connectivity index (χ0n) is 9.97. The maximum Gasteiger partial charge on any atom is 0.227 e. The number of hydrogen-bond donors (Lipinski definition) is 2. The molecule has 0 saturated carbocycles. The fourth-order valence-corrected chi connectivity index (χ4v) is 2.28.